The third-order valence-electron chi connectivity index (χ3n) is 8.56. The normalized spacial score (nSPS) is 19.3. The molecule has 44 heavy (non-hydrogen) atoms. The van der Waals surface area contributed by atoms with Crippen LogP contribution in [0.25, 0.3) is 0 Å². The van der Waals surface area contributed by atoms with E-state index in [1.54, 1.807) is 7.05 Å². The molecule has 2 aromatic rings. The number of carbonyl (C=O) groups excluding carboxylic acids is 1. The van der Waals surface area contributed by atoms with Gasteiger partial charge in [-0.05, 0) is 57.3 Å². The first-order valence-electron chi connectivity index (χ1n) is 15.2. The molecule has 0 bridgehead atoms. The quantitative estimate of drug-likeness (QED) is 0.187. The Balaban J connectivity index is 1.34. The SMILES string of the molecule is CC[C@H]1CN(c2nc(N)c(C(=O)NCCCS(C)(=O)=O)nc2Cl)CCN1C1CCN(Cc2ccc(C)cc2C(N)=NC)CC1. The molecule has 1 aromatic heterocycles. The average Bonchev–Trinajstić information content (AvgIpc) is 3.00. The summed E-state index contributed by atoms with van der Waals surface area (Å²) in [6.45, 7) is 9.69. The first-order chi connectivity index (χ1) is 20.9. The van der Waals surface area contributed by atoms with Gasteiger partial charge in [-0.25, -0.2) is 18.4 Å². The molecule has 1 amide bonds. The van der Waals surface area contributed by atoms with E-state index in [1.165, 1.54) is 11.1 Å². The number of aryl methyl sites for hydroxylation is 1. The predicted molar refractivity (Wildman–Crippen MR) is 177 cm³/mol. The highest BCUT2D eigenvalue weighted by molar-refractivity contribution is 7.90. The van der Waals surface area contributed by atoms with Crippen LogP contribution < -0.4 is 21.7 Å². The second kappa shape index (κ2) is 14.9. The van der Waals surface area contributed by atoms with Crippen LogP contribution in [0.4, 0.5) is 11.6 Å². The van der Waals surface area contributed by atoms with Crippen molar-refractivity contribution >= 4 is 44.8 Å². The Morgan fingerprint density at radius 3 is 2.57 bits per heavy atom. The van der Waals surface area contributed by atoms with E-state index in [4.69, 9.17) is 23.1 Å². The fraction of sp³-hybridized carbons (Fsp3) is 0.600. The third kappa shape index (κ3) is 8.58. The van der Waals surface area contributed by atoms with Crippen molar-refractivity contribution in [3.05, 3.63) is 45.7 Å². The topological polar surface area (TPSA) is 163 Å². The molecule has 1 atom stereocenters. The number of piperidine rings is 1. The predicted octanol–water partition coefficient (Wildman–Crippen LogP) is 2.09. The number of likely N-dealkylation sites (tertiary alicyclic amines) is 1. The maximum absolute atomic E-state index is 12.6. The number of piperazine rings is 1. The molecule has 1 aromatic carbocycles. The molecule has 0 spiro atoms. The Labute approximate surface area is 266 Å². The minimum Gasteiger partial charge on any atom is -0.384 e. The van der Waals surface area contributed by atoms with Gasteiger partial charge in [0.25, 0.3) is 5.91 Å². The van der Waals surface area contributed by atoms with Crippen LogP contribution in [-0.2, 0) is 16.4 Å². The van der Waals surface area contributed by atoms with Crippen LogP contribution in [0.1, 0.15) is 59.8 Å². The number of halogens is 1. The summed E-state index contributed by atoms with van der Waals surface area (Å²) in [4.78, 5) is 32.8. The number of nitrogens with zero attached hydrogens (tertiary/aromatic N) is 6. The van der Waals surface area contributed by atoms with E-state index in [1.807, 2.05) is 0 Å². The maximum atomic E-state index is 12.6. The van der Waals surface area contributed by atoms with Gasteiger partial charge in [-0.1, -0.05) is 36.2 Å². The van der Waals surface area contributed by atoms with Crippen molar-refractivity contribution in [2.45, 2.75) is 58.2 Å². The van der Waals surface area contributed by atoms with Crippen molar-refractivity contribution in [3.63, 3.8) is 0 Å². The fourth-order valence-electron chi connectivity index (χ4n) is 6.15. The number of sulfone groups is 1. The Bertz CT molecular complexity index is 1460. The van der Waals surface area contributed by atoms with Crippen LogP contribution in [-0.4, -0.2) is 110 Å². The van der Waals surface area contributed by atoms with Crippen molar-refractivity contribution in [2.24, 2.45) is 10.7 Å². The number of hydrogen-bond donors (Lipinski definition) is 3. The zero-order valence-corrected chi connectivity index (χ0v) is 27.8. The summed E-state index contributed by atoms with van der Waals surface area (Å²) >= 11 is 6.54. The largest absolute Gasteiger partial charge is 0.384 e. The molecule has 242 valence electrons. The number of nitrogens with one attached hydrogen (secondary N) is 1. The van der Waals surface area contributed by atoms with E-state index in [0.717, 1.165) is 70.4 Å². The highest BCUT2D eigenvalue weighted by Gasteiger charge is 2.34. The molecule has 12 nitrogen and oxygen atoms in total. The lowest BCUT2D eigenvalue weighted by atomic mass is 9.97. The Kier molecular flexibility index (Phi) is 11.4. The van der Waals surface area contributed by atoms with Crippen molar-refractivity contribution < 1.29 is 13.2 Å². The number of amides is 1. The third-order valence-corrected chi connectivity index (χ3v) is 9.84. The lowest BCUT2D eigenvalue weighted by Gasteiger charge is -2.47. The van der Waals surface area contributed by atoms with Crippen LogP contribution in [0.3, 0.4) is 0 Å². The van der Waals surface area contributed by atoms with Gasteiger partial charge < -0.3 is 21.7 Å². The lowest BCUT2D eigenvalue weighted by molar-refractivity contribution is 0.0610. The number of rotatable bonds is 11. The van der Waals surface area contributed by atoms with Crippen molar-refractivity contribution in [1.29, 1.82) is 0 Å². The lowest BCUT2D eigenvalue weighted by Crippen LogP contribution is -2.58. The number of benzene rings is 1. The molecule has 2 aliphatic rings. The van der Waals surface area contributed by atoms with Gasteiger partial charge in [0, 0.05) is 63.7 Å². The molecule has 14 heteroatoms. The van der Waals surface area contributed by atoms with E-state index >= 15 is 0 Å². The van der Waals surface area contributed by atoms with E-state index < -0.39 is 15.7 Å². The molecule has 0 unspecified atom stereocenters. The molecule has 2 saturated heterocycles. The van der Waals surface area contributed by atoms with Crippen LogP contribution in [0.5, 0.6) is 0 Å². The van der Waals surface area contributed by atoms with Gasteiger partial charge in [-0.15, -0.1) is 0 Å². The second-order valence-electron chi connectivity index (χ2n) is 11.8. The number of aromatic nitrogens is 2. The van der Waals surface area contributed by atoms with Crippen LogP contribution in [0.2, 0.25) is 5.15 Å². The zero-order valence-electron chi connectivity index (χ0n) is 26.2. The van der Waals surface area contributed by atoms with Crippen LogP contribution in [0, 0.1) is 6.92 Å². The molecule has 0 aliphatic carbocycles. The highest BCUT2D eigenvalue weighted by Crippen LogP contribution is 2.30. The monoisotopic (exact) mass is 647 g/mol. The van der Waals surface area contributed by atoms with E-state index in [0.29, 0.717) is 30.2 Å². The van der Waals surface area contributed by atoms with Gasteiger partial charge in [0.15, 0.2) is 22.5 Å². The summed E-state index contributed by atoms with van der Waals surface area (Å²) in [6.07, 6.45) is 4.62. The van der Waals surface area contributed by atoms with Crippen molar-refractivity contribution in [3.8, 4) is 0 Å². The number of nitrogen functional groups attached to an aromatic ring is 1. The molecule has 0 saturated carbocycles. The molecule has 2 aliphatic heterocycles. The number of amidine groups is 1. The molecule has 5 N–H and O–H groups in total. The molecular weight excluding hydrogens is 602 g/mol. The minimum atomic E-state index is -3.10. The number of nitrogens with two attached hydrogens (primary N) is 2. The molecule has 0 radical (unpaired) electrons. The minimum absolute atomic E-state index is 0.00318. The summed E-state index contributed by atoms with van der Waals surface area (Å²) in [5.41, 5.74) is 15.7. The van der Waals surface area contributed by atoms with Gasteiger partial charge in [0.1, 0.15) is 15.7 Å². The summed E-state index contributed by atoms with van der Waals surface area (Å²) in [5.74, 6) is 0.510. The fourth-order valence-corrected chi connectivity index (χ4v) is 7.06. The Morgan fingerprint density at radius 2 is 1.91 bits per heavy atom. The number of carbonyl (C=O) groups is 1. The standard InChI is InChI=1S/C30H46ClN9O3S/c1-5-22-19-39(29-26(31)36-25(28(33)37-29)30(41)35-11-6-16-44(4,42)43)14-15-40(22)23-9-12-38(13-10-23)18-21-8-7-20(2)17-24(21)27(32)34-3/h7-8,17,22-23H,5-6,9-16,18-19H2,1-4H3,(H2,32,34)(H2,33,37)(H,35,41)/t22-/m0/s1. The van der Waals surface area contributed by atoms with Gasteiger partial charge in [0.2, 0.25) is 0 Å². The maximum Gasteiger partial charge on any atom is 0.273 e. The first kappa shape index (κ1) is 33.9. The summed E-state index contributed by atoms with van der Waals surface area (Å²) in [7, 11) is -1.37. The second-order valence-corrected chi connectivity index (χ2v) is 14.5. The molecule has 3 heterocycles. The highest BCUT2D eigenvalue weighted by atomic mass is 35.5. The number of hydrogen-bond acceptors (Lipinski definition) is 10. The summed E-state index contributed by atoms with van der Waals surface area (Å²) < 4.78 is 22.6. The summed E-state index contributed by atoms with van der Waals surface area (Å²) in [6, 6.07) is 7.24. The smallest absolute Gasteiger partial charge is 0.273 e. The van der Waals surface area contributed by atoms with Gasteiger partial charge in [-0.2, -0.15) is 0 Å². The average molecular weight is 648 g/mol. The molecule has 2 fully saturated rings. The zero-order chi connectivity index (χ0) is 32.0. The first-order valence-corrected chi connectivity index (χ1v) is 17.7. The molecular formula is C30H46ClN9O3S. The van der Waals surface area contributed by atoms with Crippen LogP contribution >= 0.6 is 11.6 Å². The summed E-state index contributed by atoms with van der Waals surface area (Å²) in [5, 5.41) is 2.77. The van der Waals surface area contributed by atoms with E-state index in [-0.39, 0.29) is 29.0 Å². The molecule has 4 rings (SSSR count). The number of aliphatic imine (C=N–C) groups is 1. The van der Waals surface area contributed by atoms with Gasteiger partial charge in [-0.3, -0.25) is 19.6 Å². The van der Waals surface area contributed by atoms with E-state index in [9.17, 15) is 13.2 Å². The van der Waals surface area contributed by atoms with Gasteiger partial charge >= 0.3 is 0 Å². The Hall–Kier alpha value is -3.00. The van der Waals surface area contributed by atoms with Crippen molar-refractivity contribution in [1.82, 2.24) is 25.1 Å². The number of anilines is 2. The van der Waals surface area contributed by atoms with E-state index in [2.05, 4.69) is 67.0 Å². The van der Waals surface area contributed by atoms with Crippen molar-refractivity contribution in [2.75, 3.05) is 69.0 Å². The van der Waals surface area contributed by atoms with Gasteiger partial charge in [0.05, 0.1) is 5.75 Å². The Morgan fingerprint density at radius 1 is 1.18 bits per heavy atom. The van der Waals surface area contributed by atoms with Crippen LogP contribution in [0.15, 0.2) is 23.2 Å².